The molecule has 0 aliphatic carbocycles. The van der Waals surface area contributed by atoms with Crippen molar-refractivity contribution in [2.45, 2.75) is 51.4 Å². The van der Waals surface area contributed by atoms with Crippen molar-refractivity contribution in [2.75, 3.05) is 6.61 Å². The maximum atomic E-state index is 9.48. The first kappa shape index (κ1) is 15.8. The van der Waals surface area contributed by atoms with E-state index in [1.807, 2.05) is 12.1 Å². The Kier molecular flexibility index (Phi) is 7.73. The van der Waals surface area contributed by atoms with E-state index in [1.165, 1.54) is 25.7 Å². The number of benzene rings is 1. The first-order valence-electron chi connectivity index (χ1n) is 6.74. The van der Waals surface area contributed by atoms with Crippen LogP contribution in [0.4, 0.5) is 0 Å². The normalized spacial score (nSPS) is 12.7. The molecule has 1 nitrogen and oxygen atoms in total. The van der Waals surface area contributed by atoms with Crippen LogP contribution in [0.25, 0.3) is 0 Å². The van der Waals surface area contributed by atoms with Crippen LogP contribution in [0.15, 0.2) is 18.2 Å². The molecule has 0 aliphatic heterocycles. The van der Waals surface area contributed by atoms with Crippen LogP contribution in [0.2, 0.25) is 10.0 Å². The van der Waals surface area contributed by atoms with E-state index in [0.717, 1.165) is 18.4 Å². The van der Waals surface area contributed by atoms with Gasteiger partial charge >= 0.3 is 0 Å². The van der Waals surface area contributed by atoms with E-state index in [0.29, 0.717) is 10.0 Å². The third kappa shape index (κ3) is 5.17. The lowest BCUT2D eigenvalue weighted by Crippen LogP contribution is -2.05. The molecule has 1 unspecified atom stereocenters. The van der Waals surface area contributed by atoms with Crippen LogP contribution in [-0.4, -0.2) is 11.7 Å². The van der Waals surface area contributed by atoms with E-state index in [2.05, 4.69) is 6.92 Å². The van der Waals surface area contributed by atoms with E-state index in [4.69, 9.17) is 23.2 Å². The Bertz CT molecular complexity index is 352. The van der Waals surface area contributed by atoms with Crippen molar-refractivity contribution in [3.8, 4) is 0 Å². The number of halogens is 2. The van der Waals surface area contributed by atoms with Crippen molar-refractivity contribution in [3.05, 3.63) is 33.8 Å². The number of rotatable bonds is 8. The number of hydrogen-bond donors (Lipinski definition) is 1. The molecule has 0 bridgehead atoms. The number of hydrogen-bond acceptors (Lipinski definition) is 1. The van der Waals surface area contributed by atoms with Gasteiger partial charge in [0, 0.05) is 22.6 Å². The Morgan fingerprint density at radius 2 is 1.83 bits per heavy atom. The average Bonchev–Trinajstić information content (AvgIpc) is 2.35. The minimum Gasteiger partial charge on any atom is -0.396 e. The monoisotopic (exact) mass is 288 g/mol. The summed E-state index contributed by atoms with van der Waals surface area (Å²) >= 11 is 12.0. The Labute approximate surface area is 120 Å². The summed E-state index contributed by atoms with van der Waals surface area (Å²) in [6.45, 7) is 2.36. The topological polar surface area (TPSA) is 20.2 Å². The highest BCUT2D eigenvalue weighted by atomic mass is 35.5. The SMILES string of the molecule is CCCCCCCC(CO)c1ccc(Cl)cc1Cl. The zero-order valence-corrected chi connectivity index (χ0v) is 12.5. The van der Waals surface area contributed by atoms with Gasteiger partial charge < -0.3 is 5.11 Å². The second-order valence-corrected chi connectivity index (χ2v) is 5.59. The van der Waals surface area contributed by atoms with E-state index >= 15 is 0 Å². The van der Waals surface area contributed by atoms with E-state index in [-0.39, 0.29) is 12.5 Å². The van der Waals surface area contributed by atoms with E-state index in [9.17, 15) is 5.11 Å². The molecule has 0 saturated carbocycles. The van der Waals surface area contributed by atoms with Gasteiger partial charge in [0.1, 0.15) is 0 Å². The van der Waals surface area contributed by atoms with Crippen LogP contribution in [0.1, 0.15) is 56.9 Å². The summed E-state index contributed by atoms with van der Waals surface area (Å²) in [7, 11) is 0. The van der Waals surface area contributed by atoms with Crippen LogP contribution in [-0.2, 0) is 0 Å². The molecule has 0 amide bonds. The zero-order valence-electron chi connectivity index (χ0n) is 11.0. The largest absolute Gasteiger partial charge is 0.396 e. The molecule has 0 aromatic heterocycles. The van der Waals surface area contributed by atoms with Gasteiger partial charge in [0.2, 0.25) is 0 Å². The van der Waals surface area contributed by atoms with Gasteiger partial charge in [0.05, 0.1) is 0 Å². The van der Waals surface area contributed by atoms with E-state index in [1.54, 1.807) is 6.07 Å². The highest BCUT2D eigenvalue weighted by Gasteiger charge is 2.13. The Morgan fingerprint density at radius 3 is 2.44 bits per heavy atom. The molecule has 0 saturated heterocycles. The molecule has 1 atom stereocenters. The Balaban J connectivity index is 2.49. The number of unbranched alkanes of at least 4 members (excludes halogenated alkanes) is 4. The molecule has 0 fully saturated rings. The van der Waals surface area contributed by atoms with Crippen molar-refractivity contribution >= 4 is 23.2 Å². The fourth-order valence-corrected chi connectivity index (χ4v) is 2.73. The second kappa shape index (κ2) is 8.79. The van der Waals surface area contributed by atoms with Crippen LogP contribution in [0.5, 0.6) is 0 Å². The van der Waals surface area contributed by atoms with Crippen LogP contribution in [0, 0.1) is 0 Å². The van der Waals surface area contributed by atoms with Crippen molar-refractivity contribution < 1.29 is 5.11 Å². The third-order valence-electron chi connectivity index (χ3n) is 3.28. The molecule has 0 heterocycles. The summed E-state index contributed by atoms with van der Waals surface area (Å²) < 4.78 is 0. The number of aliphatic hydroxyl groups is 1. The molecule has 0 spiro atoms. The van der Waals surface area contributed by atoms with Gasteiger partial charge in [0.15, 0.2) is 0 Å². The highest BCUT2D eigenvalue weighted by molar-refractivity contribution is 6.35. The summed E-state index contributed by atoms with van der Waals surface area (Å²) in [5.41, 5.74) is 1.01. The average molecular weight is 289 g/mol. The Morgan fingerprint density at radius 1 is 1.11 bits per heavy atom. The van der Waals surface area contributed by atoms with Crippen molar-refractivity contribution in [1.29, 1.82) is 0 Å². The highest BCUT2D eigenvalue weighted by Crippen LogP contribution is 2.30. The first-order chi connectivity index (χ1) is 8.69. The molecule has 3 heteroatoms. The quantitative estimate of drug-likeness (QED) is 0.633. The van der Waals surface area contributed by atoms with Gasteiger partial charge in [-0.2, -0.15) is 0 Å². The first-order valence-corrected chi connectivity index (χ1v) is 7.50. The molecule has 0 radical (unpaired) electrons. The van der Waals surface area contributed by atoms with Gasteiger partial charge in [-0.1, -0.05) is 68.3 Å². The van der Waals surface area contributed by atoms with Gasteiger partial charge in [-0.3, -0.25) is 0 Å². The van der Waals surface area contributed by atoms with Crippen molar-refractivity contribution in [1.82, 2.24) is 0 Å². The minimum absolute atomic E-state index is 0.136. The summed E-state index contributed by atoms with van der Waals surface area (Å²) in [6.07, 6.45) is 7.20. The fraction of sp³-hybridized carbons (Fsp3) is 0.600. The summed E-state index contributed by atoms with van der Waals surface area (Å²) in [5, 5.41) is 10.8. The number of aliphatic hydroxyl groups excluding tert-OH is 1. The molecule has 1 aromatic rings. The summed E-state index contributed by atoms with van der Waals surface area (Å²) in [5.74, 6) is 0.136. The fourth-order valence-electron chi connectivity index (χ4n) is 2.17. The standard InChI is InChI=1S/C15H22Cl2O/c1-2-3-4-5-6-7-12(11-18)14-9-8-13(16)10-15(14)17/h8-10,12,18H,2-7,11H2,1H3. The molecule has 1 aromatic carbocycles. The molecule has 102 valence electrons. The van der Waals surface area contributed by atoms with Gasteiger partial charge in [0.25, 0.3) is 0 Å². The van der Waals surface area contributed by atoms with Gasteiger partial charge in [-0.25, -0.2) is 0 Å². The molecule has 18 heavy (non-hydrogen) atoms. The molecular weight excluding hydrogens is 267 g/mol. The maximum absolute atomic E-state index is 9.48. The second-order valence-electron chi connectivity index (χ2n) is 4.75. The summed E-state index contributed by atoms with van der Waals surface area (Å²) in [4.78, 5) is 0. The molecule has 1 N–H and O–H groups in total. The van der Waals surface area contributed by atoms with Crippen LogP contribution in [0.3, 0.4) is 0 Å². The van der Waals surface area contributed by atoms with Gasteiger partial charge in [-0.15, -0.1) is 0 Å². The van der Waals surface area contributed by atoms with Crippen LogP contribution < -0.4 is 0 Å². The van der Waals surface area contributed by atoms with E-state index < -0.39 is 0 Å². The minimum atomic E-state index is 0.136. The predicted molar refractivity (Wildman–Crippen MR) is 79.7 cm³/mol. The lowest BCUT2D eigenvalue weighted by atomic mass is 9.93. The lowest BCUT2D eigenvalue weighted by molar-refractivity contribution is 0.256. The predicted octanol–water partition coefficient (Wildman–Crippen LogP) is 5.43. The van der Waals surface area contributed by atoms with Crippen molar-refractivity contribution in [2.24, 2.45) is 0 Å². The maximum Gasteiger partial charge on any atom is 0.0500 e. The molecular formula is C15H22Cl2O. The van der Waals surface area contributed by atoms with Crippen LogP contribution >= 0.6 is 23.2 Å². The molecule has 1 rings (SSSR count). The smallest absolute Gasteiger partial charge is 0.0500 e. The van der Waals surface area contributed by atoms with Gasteiger partial charge in [-0.05, 0) is 24.1 Å². The molecule has 0 aliphatic rings. The lowest BCUT2D eigenvalue weighted by Gasteiger charge is -2.16. The Hall–Kier alpha value is -0.240. The summed E-state index contributed by atoms with van der Waals surface area (Å²) in [6, 6.07) is 5.51. The zero-order chi connectivity index (χ0) is 13.4. The third-order valence-corrected chi connectivity index (χ3v) is 3.84. The van der Waals surface area contributed by atoms with Crippen molar-refractivity contribution in [3.63, 3.8) is 0 Å².